The van der Waals surface area contributed by atoms with E-state index in [1.54, 1.807) is 12.3 Å². The van der Waals surface area contributed by atoms with Crippen molar-refractivity contribution in [2.45, 2.75) is 6.92 Å². The minimum Gasteiger partial charge on any atom is -0.339 e. The van der Waals surface area contributed by atoms with Gasteiger partial charge in [0.15, 0.2) is 0 Å². The van der Waals surface area contributed by atoms with Crippen LogP contribution in [0.15, 0.2) is 65.4 Å². The third-order valence-corrected chi connectivity index (χ3v) is 5.01. The van der Waals surface area contributed by atoms with E-state index in [1.165, 1.54) is 0 Å². The van der Waals surface area contributed by atoms with Crippen molar-refractivity contribution in [3.63, 3.8) is 0 Å². The second-order valence-electron chi connectivity index (χ2n) is 5.30. The Balaban J connectivity index is 2.32. The first-order valence-corrected chi connectivity index (χ1v) is 9.03. The zero-order chi connectivity index (χ0) is 17.3. The molecule has 1 aromatic heterocycles. The molecule has 0 spiro atoms. The third kappa shape index (κ3) is 3.16. The van der Waals surface area contributed by atoms with Crippen molar-refractivity contribution in [1.29, 1.82) is 0 Å². The summed E-state index contributed by atoms with van der Waals surface area (Å²) in [5.41, 5.74) is 4.62. The molecule has 0 aliphatic carbocycles. The first kappa shape index (κ1) is 17.3. The van der Waals surface area contributed by atoms with Gasteiger partial charge in [0.05, 0.1) is 15.7 Å². The van der Waals surface area contributed by atoms with Crippen LogP contribution in [0.25, 0.3) is 11.3 Å². The van der Waals surface area contributed by atoms with Gasteiger partial charge in [-0.1, -0.05) is 60.1 Å². The van der Waals surface area contributed by atoms with E-state index >= 15 is 0 Å². The molecular weight excluding hydrogens is 407 g/mol. The molecule has 2 aromatic rings. The normalized spacial score (nSPS) is 14.9. The summed E-state index contributed by atoms with van der Waals surface area (Å²) in [4.78, 5) is 6.59. The van der Waals surface area contributed by atoms with Crippen molar-refractivity contribution in [3.05, 3.63) is 86.7 Å². The zero-order valence-electron chi connectivity index (χ0n) is 13.1. The molecule has 0 radical (unpaired) electrons. The maximum Gasteiger partial charge on any atom is 0.106 e. The average molecular weight is 422 g/mol. The first-order valence-electron chi connectivity index (χ1n) is 7.48. The van der Waals surface area contributed by atoms with Gasteiger partial charge in [0.1, 0.15) is 5.69 Å². The Labute approximate surface area is 160 Å². The van der Waals surface area contributed by atoms with Crippen molar-refractivity contribution in [2.24, 2.45) is 0 Å². The Morgan fingerprint density at radius 3 is 2.54 bits per heavy atom. The lowest BCUT2D eigenvalue weighted by atomic mass is 9.97. The fraction of sp³-hybridized carbons (Fsp3) is 0.105. The molecule has 2 nitrogen and oxygen atoms in total. The molecular formula is C19H15BrCl2N2. The number of nitrogens with zero attached hydrogens (tertiary/aromatic N) is 2. The fourth-order valence-corrected chi connectivity index (χ4v) is 3.63. The summed E-state index contributed by atoms with van der Waals surface area (Å²) >= 11 is 16.1. The molecule has 0 saturated carbocycles. The van der Waals surface area contributed by atoms with Gasteiger partial charge in [-0.05, 0) is 40.6 Å². The SMILES string of the molecule is C=C1C(Br)=CC(c2ccccc2)=C(c2ncc(Cl)cc2Cl)N1CC. The molecule has 1 aromatic carbocycles. The van der Waals surface area contributed by atoms with Crippen LogP contribution in [0, 0.1) is 0 Å². The summed E-state index contributed by atoms with van der Waals surface area (Å²) < 4.78 is 0.942. The predicted octanol–water partition coefficient (Wildman–Crippen LogP) is 6.38. The summed E-state index contributed by atoms with van der Waals surface area (Å²) in [7, 11) is 0. The van der Waals surface area contributed by atoms with E-state index in [4.69, 9.17) is 23.2 Å². The van der Waals surface area contributed by atoms with Crippen LogP contribution in [-0.2, 0) is 0 Å². The van der Waals surface area contributed by atoms with E-state index in [-0.39, 0.29) is 0 Å². The van der Waals surface area contributed by atoms with Gasteiger partial charge in [0.25, 0.3) is 0 Å². The van der Waals surface area contributed by atoms with Crippen molar-refractivity contribution < 1.29 is 0 Å². The van der Waals surface area contributed by atoms with Crippen LogP contribution in [0.4, 0.5) is 0 Å². The van der Waals surface area contributed by atoms with Crippen LogP contribution in [0.5, 0.6) is 0 Å². The molecule has 0 bridgehead atoms. The number of hydrogen-bond donors (Lipinski definition) is 0. The van der Waals surface area contributed by atoms with Crippen molar-refractivity contribution in [2.75, 3.05) is 6.54 Å². The second-order valence-corrected chi connectivity index (χ2v) is 6.99. The van der Waals surface area contributed by atoms with Gasteiger partial charge in [-0.3, -0.25) is 4.98 Å². The minimum absolute atomic E-state index is 0.514. The monoisotopic (exact) mass is 420 g/mol. The number of allylic oxidation sites excluding steroid dienone is 3. The Kier molecular flexibility index (Phi) is 5.14. The largest absolute Gasteiger partial charge is 0.339 e. The quantitative estimate of drug-likeness (QED) is 0.571. The van der Waals surface area contributed by atoms with Crippen LogP contribution in [0.3, 0.4) is 0 Å². The Bertz CT molecular complexity index is 857. The first-order chi connectivity index (χ1) is 11.5. The third-order valence-electron chi connectivity index (χ3n) is 3.83. The van der Waals surface area contributed by atoms with E-state index in [0.717, 1.165) is 33.6 Å². The highest BCUT2D eigenvalue weighted by Crippen LogP contribution is 2.42. The van der Waals surface area contributed by atoms with Crippen LogP contribution in [0.2, 0.25) is 10.0 Å². The number of hydrogen-bond acceptors (Lipinski definition) is 2. The van der Waals surface area contributed by atoms with Crippen LogP contribution >= 0.6 is 39.1 Å². The van der Waals surface area contributed by atoms with Crippen LogP contribution in [-0.4, -0.2) is 16.4 Å². The van der Waals surface area contributed by atoms with Crippen LogP contribution < -0.4 is 0 Å². The highest BCUT2D eigenvalue weighted by Gasteiger charge is 2.26. The maximum atomic E-state index is 6.45. The molecule has 0 saturated heterocycles. The molecule has 1 aliphatic rings. The molecule has 0 amide bonds. The Hall–Kier alpha value is -1.55. The fourth-order valence-electron chi connectivity index (χ4n) is 2.72. The highest BCUT2D eigenvalue weighted by atomic mass is 79.9. The van der Waals surface area contributed by atoms with Crippen molar-refractivity contribution in [1.82, 2.24) is 9.88 Å². The van der Waals surface area contributed by atoms with E-state index in [2.05, 4.69) is 57.5 Å². The number of halogens is 3. The van der Waals surface area contributed by atoms with E-state index < -0.39 is 0 Å². The molecule has 0 atom stereocenters. The zero-order valence-corrected chi connectivity index (χ0v) is 16.2. The molecule has 0 fully saturated rings. The summed E-state index contributed by atoms with van der Waals surface area (Å²) in [6, 6.07) is 11.9. The van der Waals surface area contributed by atoms with Gasteiger partial charge >= 0.3 is 0 Å². The van der Waals surface area contributed by atoms with Gasteiger partial charge in [-0.15, -0.1) is 0 Å². The highest BCUT2D eigenvalue weighted by molar-refractivity contribution is 9.12. The summed E-state index contributed by atoms with van der Waals surface area (Å²) in [6.45, 7) is 6.99. The minimum atomic E-state index is 0.514. The molecule has 5 heteroatoms. The topological polar surface area (TPSA) is 16.1 Å². The maximum absolute atomic E-state index is 6.45. The molecule has 0 unspecified atom stereocenters. The smallest absolute Gasteiger partial charge is 0.106 e. The molecule has 0 N–H and O–H groups in total. The molecule has 3 rings (SSSR count). The lowest BCUT2D eigenvalue weighted by Crippen LogP contribution is -2.25. The summed E-state index contributed by atoms with van der Waals surface area (Å²) in [5, 5.41) is 1.03. The van der Waals surface area contributed by atoms with Gasteiger partial charge in [0.2, 0.25) is 0 Å². The lowest BCUT2D eigenvalue weighted by molar-refractivity contribution is 0.528. The number of pyridine rings is 1. The average Bonchev–Trinajstić information content (AvgIpc) is 2.58. The van der Waals surface area contributed by atoms with E-state index in [1.807, 2.05) is 18.2 Å². The van der Waals surface area contributed by atoms with Gasteiger partial charge in [-0.25, -0.2) is 0 Å². The molecule has 1 aliphatic heterocycles. The van der Waals surface area contributed by atoms with Crippen molar-refractivity contribution in [3.8, 4) is 0 Å². The Morgan fingerprint density at radius 2 is 1.92 bits per heavy atom. The van der Waals surface area contributed by atoms with Gasteiger partial charge in [-0.2, -0.15) is 0 Å². The van der Waals surface area contributed by atoms with Crippen LogP contribution in [0.1, 0.15) is 18.2 Å². The molecule has 24 heavy (non-hydrogen) atoms. The van der Waals surface area contributed by atoms with Gasteiger partial charge < -0.3 is 4.90 Å². The predicted molar refractivity (Wildman–Crippen MR) is 106 cm³/mol. The van der Waals surface area contributed by atoms with Crippen molar-refractivity contribution >= 4 is 50.4 Å². The molecule has 2 heterocycles. The lowest BCUT2D eigenvalue weighted by Gasteiger charge is -2.33. The number of likely N-dealkylation sites (N-methyl/N-ethyl adjacent to an activating group) is 1. The number of rotatable bonds is 3. The molecule has 122 valence electrons. The number of benzene rings is 1. The standard InChI is InChI=1S/C19H15BrCl2N2/c1-3-24-12(2)16(20)10-15(13-7-5-4-6-8-13)19(24)18-17(22)9-14(21)11-23-18/h4-11H,2-3H2,1H3. The van der Waals surface area contributed by atoms with E-state index in [0.29, 0.717) is 15.7 Å². The van der Waals surface area contributed by atoms with E-state index in [9.17, 15) is 0 Å². The summed E-state index contributed by atoms with van der Waals surface area (Å²) in [6.07, 6.45) is 3.67. The number of aromatic nitrogens is 1. The summed E-state index contributed by atoms with van der Waals surface area (Å²) in [5.74, 6) is 0. The second kappa shape index (κ2) is 7.14. The Morgan fingerprint density at radius 1 is 1.21 bits per heavy atom. The van der Waals surface area contributed by atoms with Gasteiger partial charge in [0, 0.05) is 28.5 Å².